The first kappa shape index (κ1) is 12.0. The molecule has 1 aromatic rings. The van der Waals surface area contributed by atoms with Gasteiger partial charge in [-0.15, -0.1) is 0 Å². The van der Waals surface area contributed by atoms with Crippen LogP contribution in [0.25, 0.3) is 0 Å². The maximum atomic E-state index is 13.1. The van der Waals surface area contributed by atoms with Crippen molar-refractivity contribution in [3.63, 3.8) is 0 Å². The predicted octanol–water partition coefficient (Wildman–Crippen LogP) is 1.44. The van der Waals surface area contributed by atoms with Gasteiger partial charge < -0.3 is 10.1 Å². The van der Waals surface area contributed by atoms with E-state index in [0.717, 1.165) is 12.1 Å². The summed E-state index contributed by atoms with van der Waals surface area (Å²) < 4.78 is 30.6. The third kappa shape index (κ3) is 2.29. The van der Waals surface area contributed by atoms with Crippen molar-refractivity contribution in [2.45, 2.75) is 5.92 Å². The van der Waals surface area contributed by atoms with Gasteiger partial charge in [-0.1, -0.05) is 6.07 Å². The molecule has 3 nitrogen and oxygen atoms in total. The second-order valence-electron chi connectivity index (χ2n) is 4.07. The maximum absolute atomic E-state index is 13.1. The second-order valence-corrected chi connectivity index (χ2v) is 4.07. The zero-order chi connectivity index (χ0) is 12.4. The lowest BCUT2D eigenvalue weighted by molar-refractivity contribution is -0.145. The van der Waals surface area contributed by atoms with E-state index < -0.39 is 11.6 Å². The summed E-state index contributed by atoms with van der Waals surface area (Å²) in [6, 6.07) is 3.73. The van der Waals surface area contributed by atoms with Crippen LogP contribution < -0.4 is 5.32 Å². The molecular formula is C12H13F2NO2. The van der Waals surface area contributed by atoms with Crippen LogP contribution in [0.15, 0.2) is 18.2 Å². The number of hydrogen-bond acceptors (Lipinski definition) is 3. The Morgan fingerprint density at radius 3 is 2.76 bits per heavy atom. The number of rotatable bonds is 2. The van der Waals surface area contributed by atoms with Crippen molar-refractivity contribution in [2.24, 2.45) is 5.92 Å². The van der Waals surface area contributed by atoms with E-state index in [2.05, 4.69) is 5.32 Å². The molecule has 92 valence electrons. The topological polar surface area (TPSA) is 38.3 Å². The molecule has 1 saturated heterocycles. The molecule has 2 atom stereocenters. The van der Waals surface area contributed by atoms with Gasteiger partial charge in [-0.25, -0.2) is 8.78 Å². The van der Waals surface area contributed by atoms with E-state index in [9.17, 15) is 13.6 Å². The lowest BCUT2D eigenvalue weighted by atomic mass is 9.89. The molecule has 0 aliphatic carbocycles. The molecule has 5 heteroatoms. The maximum Gasteiger partial charge on any atom is 0.310 e. The molecule has 2 unspecified atom stereocenters. The van der Waals surface area contributed by atoms with Crippen LogP contribution in [-0.2, 0) is 9.53 Å². The molecule has 1 aromatic carbocycles. The standard InChI is InChI=1S/C12H13F2NO2/c1-17-12(16)9-6-15-5-8(9)7-2-3-10(13)11(14)4-7/h2-4,8-9,15H,5-6H2,1H3. The summed E-state index contributed by atoms with van der Waals surface area (Å²) in [4.78, 5) is 11.5. The summed E-state index contributed by atoms with van der Waals surface area (Å²) >= 11 is 0. The molecule has 0 amide bonds. The Kier molecular flexibility index (Phi) is 3.38. The minimum atomic E-state index is -0.891. The van der Waals surface area contributed by atoms with Crippen molar-refractivity contribution in [2.75, 3.05) is 20.2 Å². The summed E-state index contributed by atoms with van der Waals surface area (Å²) in [5.74, 6) is -2.61. The van der Waals surface area contributed by atoms with Gasteiger partial charge in [-0.3, -0.25) is 4.79 Å². The zero-order valence-corrected chi connectivity index (χ0v) is 9.37. The molecular weight excluding hydrogens is 228 g/mol. The quantitative estimate of drug-likeness (QED) is 0.796. The largest absolute Gasteiger partial charge is 0.469 e. The highest BCUT2D eigenvalue weighted by atomic mass is 19.2. The molecule has 1 aliphatic heterocycles. The van der Waals surface area contributed by atoms with Crippen molar-refractivity contribution in [3.8, 4) is 0 Å². The van der Waals surface area contributed by atoms with Crippen molar-refractivity contribution in [1.29, 1.82) is 0 Å². The number of carbonyl (C=O) groups excluding carboxylic acids is 1. The summed E-state index contributed by atoms with van der Waals surface area (Å²) in [7, 11) is 1.32. The number of nitrogens with one attached hydrogen (secondary N) is 1. The number of ether oxygens (including phenoxy) is 1. The molecule has 0 aromatic heterocycles. The highest BCUT2D eigenvalue weighted by Crippen LogP contribution is 2.29. The minimum Gasteiger partial charge on any atom is -0.469 e. The van der Waals surface area contributed by atoms with E-state index in [0.29, 0.717) is 18.7 Å². The molecule has 1 heterocycles. The van der Waals surface area contributed by atoms with Gasteiger partial charge in [-0.05, 0) is 17.7 Å². The van der Waals surface area contributed by atoms with Gasteiger partial charge in [0.2, 0.25) is 0 Å². The molecule has 1 N–H and O–H groups in total. The van der Waals surface area contributed by atoms with Crippen LogP contribution in [-0.4, -0.2) is 26.2 Å². The van der Waals surface area contributed by atoms with Crippen LogP contribution in [0, 0.1) is 17.6 Å². The molecule has 1 aliphatic rings. The summed E-state index contributed by atoms with van der Waals surface area (Å²) in [6.07, 6.45) is 0. The molecule has 0 bridgehead atoms. The number of benzene rings is 1. The fourth-order valence-corrected chi connectivity index (χ4v) is 2.17. The predicted molar refractivity (Wildman–Crippen MR) is 57.5 cm³/mol. The van der Waals surface area contributed by atoms with Crippen LogP contribution in [0.1, 0.15) is 11.5 Å². The van der Waals surface area contributed by atoms with E-state index in [4.69, 9.17) is 4.74 Å². The first-order chi connectivity index (χ1) is 8.13. The van der Waals surface area contributed by atoms with Crippen LogP contribution in [0.4, 0.5) is 8.78 Å². The summed E-state index contributed by atoms with van der Waals surface area (Å²) in [6.45, 7) is 1.06. The normalized spacial score (nSPS) is 23.7. The molecule has 1 fully saturated rings. The Hall–Kier alpha value is -1.49. The van der Waals surface area contributed by atoms with Gasteiger partial charge in [0.25, 0.3) is 0 Å². The number of carbonyl (C=O) groups is 1. The van der Waals surface area contributed by atoms with Crippen molar-refractivity contribution >= 4 is 5.97 Å². The van der Waals surface area contributed by atoms with Crippen molar-refractivity contribution < 1.29 is 18.3 Å². The van der Waals surface area contributed by atoms with Crippen molar-refractivity contribution in [1.82, 2.24) is 5.32 Å². The van der Waals surface area contributed by atoms with Gasteiger partial charge in [0.05, 0.1) is 13.0 Å². The summed E-state index contributed by atoms with van der Waals surface area (Å²) in [5, 5.41) is 3.05. The molecule has 17 heavy (non-hydrogen) atoms. The molecule has 0 radical (unpaired) electrons. The van der Waals surface area contributed by atoms with Crippen LogP contribution in [0.2, 0.25) is 0 Å². The average molecular weight is 241 g/mol. The number of esters is 1. The van der Waals surface area contributed by atoms with E-state index >= 15 is 0 Å². The highest BCUT2D eigenvalue weighted by Gasteiger charge is 2.35. The lowest BCUT2D eigenvalue weighted by Crippen LogP contribution is -2.23. The SMILES string of the molecule is COC(=O)C1CNCC1c1ccc(F)c(F)c1. The van der Waals surface area contributed by atoms with Gasteiger partial charge in [0.15, 0.2) is 11.6 Å². The van der Waals surface area contributed by atoms with Gasteiger partial charge in [0, 0.05) is 19.0 Å². The number of methoxy groups -OCH3 is 1. The summed E-state index contributed by atoms with van der Waals surface area (Å²) in [5.41, 5.74) is 0.615. The monoisotopic (exact) mass is 241 g/mol. The Morgan fingerprint density at radius 1 is 1.35 bits per heavy atom. The third-order valence-electron chi connectivity index (χ3n) is 3.09. The number of hydrogen-bond donors (Lipinski definition) is 1. The fraction of sp³-hybridized carbons (Fsp3) is 0.417. The average Bonchev–Trinajstić information content (AvgIpc) is 2.80. The van der Waals surface area contributed by atoms with Gasteiger partial charge in [-0.2, -0.15) is 0 Å². The molecule has 2 rings (SSSR count). The number of halogens is 2. The van der Waals surface area contributed by atoms with E-state index in [1.54, 1.807) is 0 Å². The lowest BCUT2D eigenvalue weighted by Gasteiger charge is -2.16. The Morgan fingerprint density at radius 2 is 2.12 bits per heavy atom. The smallest absolute Gasteiger partial charge is 0.310 e. The first-order valence-corrected chi connectivity index (χ1v) is 5.37. The zero-order valence-electron chi connectivity index (χ0n) is 9.37. The minimum absolute atomic E-state index is 0.169. The van der Waals surface area contributed by atoms with Crippen LogP contribution in [0.3, 0.4) is 0 Å². The Bertz CT molecular complexity index is 437. The first-order valence-electron chi connectivity index (χ1n) is 5.37. The van der Waals surface area contributed by atoms with E-state index in [1.807, 2.05) is 0 Å². The second kappa shape index (κ2) is 4.79. The van der Waals surface area contributed by atoms with E-state index in [1.165, 1.54) is 13.2 Å². The van der Waals surface area contributed by atoms with Crippen LogP contribution in [0.5, 0.6) is 0 Å². The van der Waals surface area contributed by atoms with Gasteiger partial charge >= 0.3 is 5.97 Å². The third-order valence-corrected chi connectivity index (χ3v) is 3.09. The Balaban J connectivity index is 2.26. The highest BCUT2D eigenvalue weighted by molar-refractivity contribution is 5.74. The van der Waals surface area contributed by atoms with E-state index in [-0.39, 0.29) is 17.8 Å². The molecule has 0 spiro atoms. The molecule has 0 saturated carbocycles. The fourth-order valence-electron chi connectivity index (χ4n) is 2.17. The van der Waals surface area contributed by atoms with Crippen LogP contribution >= 0.6 is 0 Å². The Labute approximate surface area is 97.8 Å². The van der Waals surface area contributed by atoms with Gasteiger partial charge in [0.1, 0.15) is 0 Å². The van der Waals surface area contributed by atoms with Crippen molar-refractivity contribution in [3.05, 3.63) is 35.4 Å².